The summed E-state index contributed by atoms with van der Waals surface area (Å²) in [6.07, 6.45) is 2.97. The number of carbonyl (C=O) groups is 1. The van der Waals surface area contributed by atoms with E-state index in [9.17, 15) is 4.79 Å². The van der Waals surface area contributed by atoms with Gasteiger partial charge in [0.15, 0.2) is 11.5 Å². The smallest absolute Gasteiger partial charge is 0.227 e. The van der Waals surface area contributed by atoms with Gasteiger partial charge >= 0.3 is 0 Å². The maximum atomic E-state index is 12.3. The summed E-state index contributed by atoms with van der Waals surface area (Å²) in [6, 6.07) is 3.71. The molecule has 1 spiro atoms. The number of piperidine rings is 1. The highest BCUT2D eigenvalue weighted by molar-refractivity contribution is 6.31. The average Bonchev–Trinajstić information content (AvgIpc) is 2.96. The van der Waals surface area contributed by atoms with Crippen molar-refractivity contribution < 1.29 is 14.3 Å². The maximum Gasteiger partial charge on any atom is 0.227 e. The van der Waals surface area contributed by atoms with Gasteiger partial charge < -0.3 is 14.8 Å². The Morgan fingerprint density at radius 1 is 1.26 bits per heavy atom. The van der Waals surface area contributed by atoms with E-state index in [0.29, 0.717) is 23.1 Å². The highest BCUT2D eigenvalue weighted by atomic mass is 35.5. The molecule has 2 heterocycles. The summed E-state index contributed by atoms with van der Waals surface area (Å²) >= 11 is 6.38. The molecule has 1 atom stereocenters. The molecule has 1 aromatic carbocycles. The first-order valence-corrected chi connectivity index (χ1v) is 8.37. The molecular formula is C17H23ClN2O3. The molecule has 2 saturated heterocycles. The molecule has 6 heteroatoms. The van der Waals surface area contributed by atoms with Crippen molar-refractivity contribution >= 4 is 17.5 Å². The molecule has 23 heavy (non-hydrogen) atoms. The van der Waals surface area contributed by atoms with Crippen LogP contribution in [0.25, 0.3) is 0 Å². The average molecular weight is 339 g/mol. The standard InChI is InChI=1S/C17H23ClN2O3/c1-22-14-8-12(13(18)9-15(14)23-2)10-20-7-5-17(11-20)4-3-6-19-16(17)21/h8-9H,3-7,10-11H2,1-2H3,(H,19,21). The molecule has 2 aliphatic rings. The van der Waals surface area contributed by atoms with E-state index in [4.69, 9.17) is 21.1 Å². The number of hydrogen-bond donors (Lipinski definition) is 1. The number of methoxy groups -OCH3 is 2. The summed E-state index contributed by atoms with van der Waals surface area (Å²) in [6.45, 7) is 3.23. The fraction of sp³-hybridized carbons (Fsp3) is 0.588. The van der Waals surface area contributed by atoms with Crippen molar-refractivity contribution in [2.75, 3.05) is 33.9 Å². The van der Waals surface area contributed by atoms with Crippen LogP contribution >= 0.6 is 11.6 Å². The van der Waals surface area contributed by atoms with Gasteiger partial charge in [-0.2, -0.15) is 0 Å². The fourth-order valence-corrected chi connectivity index (χ4v) is 3.88. The van der Waals surface area contributed by atoms with Crippen molar-refractivity contribution in [1.82, 2.24) is 10.2 Å². The number of hydrogen-bond acceptors (Lipinski definition) is 4. The largest absolute Gasteiger partial charge is 0.493 e. The summed E-state index contributed by atoms with van der Waals surface area (Å²) in [5.41, 5.74) is 0.791. The third kappa shape index (κ3) is 3.12. The highest BCUT2D eigenvalue weighted by Crippen LogP contribution is 2.39. The first kappa shape index (κ1) is 16.4. The van der Waals surface area contributed by atoms with Gasteiger partial charge in [0.1, 0.15) is 0 Å². The highest BCUT2D eigenvalue weighted by Gasteiger charge is 2.45. The first-order chi connectivity index (χ1) is 11.1. The molecule has 1 N–H and O–H groups in total. The first-order valence-electron chi connectivity index (χ1n) is 7.99. The van der Waals surface area contributed by atoms with Crippen molar-refractivity contribution in [3.63, 3.8) is 0 Å². The van der Waals surface area contributed by atoms with Crippen molar-refractivity contribution in [3.05, 3.63) is 22.7 Å². The Hall–Kier alpha value is -1.46. The Bertz CT molecular complexity index is 608. The Morgan fingerprint density at radius 3 is 2.70 bits per heavy atom. The van der Waals surface area contributed by atoms with Crippen molar-refractivity contribution in [1.29, 1.82) is 0 Å². The number of likely N-dealkylation sites (tertiary alicyclic amines) is 1. The minimum atomic E-state index is -0.207. The molecule has 0 aromatic heterocycles. The lowest BCUT2D eigenvalue weighted by Gasteiger charge is -2.32. The lowest BCUT2D eigenvalue weighted by atomic mass is 9.79. The number of nitrogens with zero attached hydrogens (tertiary/aromatic N) is 1. The van der Waals surface area contributed by atoms with Gasteiger partial charge in [0.25, 0.3) is 0 Å². The van der Waals surface area contributed by atoms with Gasteiger partial charge in [-0.15, -0.1) is 0 Å². The summed E-state index contributed by atoms with van der Waals surface area (Å²) in [7, 11) is 3.21. The molecule has 1 unspecified atom stereocenters. The SMILES string of the molecule is COc1cc(Cl)c(CN2CCC3(CCCNC3=O)C2)cc1OC. The number of carbonyl (C=O) groups excluding carboxylic acids is 1. The molecule has 5 nitrogen and oxygen atoms in total. The van der Waals surface area contributed by atoms with E-state index < -0.39 is 0 Å². The molecule has 2 fully saturated rings. The number of benzene rings is 1. The molecule has 0 saturated carbocycles. The fourth-order valence-electron chi connectivity index (χ4n) is 3.67. The van der Waals surface area contributed by atoms with Gasteiger partial charge in [-0.25, -0.2) is 0 Å². The minimum absolute atomic E-state index is 0.207. The number of nitrogens with one attached hydrogen (secondary N) is 1. The Labute approximate surface area is 141 Å². The van der Waals surface area contributed by atoms with Crippen molar-refractivity contribution in [3.8, 4) is 11.5 Å². The van der Waals surface area contributed by atoms with Crippen LogP contribution in [0.15, 0.2) is 12.1 Å². The second kappa shape index (κ2) is 6.57. The predicted octanol–water partition coefficient (Wildman–Crippen LogP) is 2.46. The zero-order chi connectivity index (χ0) is 16.4. The van der Waals surface area contributed by atoms with Gasteiger partial charge in [0.05, 0.1) is 19.6 Å². The summed E-state index contributed by atoms with van der Waals surface area (Å²) in [4.78, 5) is 14.6. The topological polar surface area (TPSA) is 50.8 Å². The Balaban J connectivity index is 1.74. The van der Waals surface area contributed by atoms with Crippen LogP contribution in [0.3, 0.4) is 0 Å². The monoisotopic (exact) mass is 338 g/mol. The van der Waals surface area contributed by atoms with Crippen LogP contribution in [0.1, 0.15) is 24.8 Å². The Kier molecular flexibility index (Phi) is 4.69. The maximum absolute atomic E-state index is 12.3. The normalized spacial score (nSPS) is 24.7. The summed E-state index contributed by atoms with van der Waals surface area (Å²) in [5, 5.41) is 3.68. The molecule has 1 amide bonds. The molecule has 1 aromatic rings. The minimum Gasteiger partial charge on any atom is -0.493 e. The molecule has 126 valence electrons. The summed E-state index contributed by atoms with van der Waals surface area (Å²) in [5.74, 6) is 1.52. The van der Waals surface area contributed by atoms with Gasteiger partial charge in [-0.1, -0.05) is 11.6 Å². The van der Waals surface area contributed by atoms with Gasteiger partial charge in [-0.05, 0) is 37.4 Å². The van der Waals surface area contributed by atoms with E-state index in [1.807, 2.05) is 6.07 Å². The quantitative estimate of drug-likeness (QED) is 0.916. The second-order valence-corrected chi connectivity index (χ2v) is 6.81. The van der Waals surface area contributed by atoms with E-state index in [-0.39, 0.29) is 11.3 Å². The third-order valence-electron chi connectivity index (χ3n) is 4.98. The van der Waals surface area contributed by atoms with E-state index in [1.165, 1.54) is 0 Å². The van der Waals surface area contributed by atoms with Gasteiger partial charge in [0.2, 0.25) is 5.91 Å². The van der Waals surface area contributed by atoms with Crippen LogP contribution in [-0.4, -0.2) is 44.7 Å². The number of ether oxygens (including phenoxy) is 2. The zero-order valence-corrected chi connectivity index (χ0v) is 14.4. The molecule has 2 aliphatic heterocycles. The summed E-state index contributed by atoms with van der Waals surface area (Å²) < 4.78 is 10.6. The van der Waals surface area contributed by atoms with Gasteiger partial charge in [-0.3, -0.25) is 9.69 Å². The van der Waals surface area contributed by atoms with Crippen molar-refractivity contribution in [2.24, 2.45) is 5.41 Å². The molecule has 0 radical (unpaired) electrons. The number of amides is 1. The molecule has 3 rings (SSSR count). The predicted molar refractivity (Wildman–Crippen MR) is 89.1 cm³/mol. The molecular weight excluding hydrogens is 316 g/mol. The van der Waals surface area contributed by atoms with Crippen LogP contribution in [0.2, 0.25) is 5.02 Å². The van der Waals surface area contributed by atoms with Crippen LogP contribution in [-0.2, 0) is 11.3 Å². The van der Waals surface area contributed by atoms with E-state index in [2.05, 4.69) is 10.2 Å². The lowest BCUT2D eigenvalue weighted by Crippen LogP contribution is -2.47. The number of halogens is 1. The van der Waals surface area contributed by atoms with Crippen LogP contribution < -0.4 is 14.8 Å². The third-order valence-corrected chi connectivity index (χ3v) is 5.33. The molecule has 0 aliphatic carbocycles. The van der Waals surface area contributed by atoms with E-state index in [1.54, 1.807) is 20.3 Å². The van der Waals surface area contributed by atoms with Gasteiger partial charge in [0, 0.05) is 30.7 Å². The second-order valence-electron chi connectivity index (χ2n) is 6.40. The number of rotatable bonds is 4. The zero-order valence-electron chi connectivity index (χ0n) is 13.7. The van der Waals surface area contributed by atoms with Crippen LogP contribution in [0.5, 0.6) is 11.5 Å². The van der Waals surface area contributed by atoms with Crippen LogP contribution in [0.4, 0.5) is 0 Å². The Morgan fingerprint density at radius 2 is 2.00 bits per heavy atom. The van der Waals surface area contributed by atoms with E-state index in [0.717, 1.165) is 44.5 Å². The van der Waals surface area contributed by atoms with E-state index >= 15 is 0 Å². The van der Waals surface area contributed by atoms with Crippen molar-refractivity contribution in [2.45, 2.75) is 25.8 Å². The molecule has 0 bridgehead atoms. The lowest BCUT2D eigenvalue weighted by molar-refractivity contribution is -0.132. The van der Waals surface area contributed by atoms with Crippen LogP contribution in [0, 0.1) is 5.41 Å².